The Labute approximate surface area is 129 Å². The minimum absolute atomic E-state index is 0.0486. The second-order valence-corrected chi connectivity index (χ2v) is 8.84. The average Bonchev–Trinajstić information content (AvgIpc) is 2.78. The third-order valence-electron chi connectivity index (χ3n) is 2.21. The molecule has 0 atom stereocenters. The highest BCUT2D eigenvalue weighted by Crippen LogP contribution is 2.18. The molecule has 21 heavy (non-hydrogen) atoms. The number of aromatic nitrogens is 2. The molecular formula is C10H20N2O6S3. The third-order valence-corrected chi connectivity index (χ3v) is 5.54. The van der Waals surface area contributed by atoms with E-state index in [0.29, 0.717) is 0 Å². The molecule has 0 amide bonds. The standard InChI is InChI=1S/C8H18.C2H2N2O6S3/c1-4-5-6-7-8(2)3;5-12(6,7)1-3-4-2(11-1)13(8,9)10/h8H,4-7H2,1-3H3;(H,5,6,7)(H,8,9,10). The van der Waals surface area contributed by atoms with E-state index in [2.05, 4.69) is 31.0 Å². The average molecular weight is 360 g/mol. The molecule has 0 aliphatic heterocycles. The van der Waals surface area contributed by atoms with Crippen LogP contribution in [0.1, 0.15) is 46.5 Å². The largest absolute Gasteiger partial charge is 0.324 e. The van der Waals surface area contributed by atoms with Gasteiger partial charge in [0.05, 0.1) is 0 Å². The smallest absolute Gasteiger partial charge is 0.280 e. The molecule has 1 aromatic rings. The van der Waals surface area contributed by atoms with Gasteiger partial charge >= 0.3 is 20.2 Å². The Hall–Kier alpha value is -0.620. The molecule has 0 saturated heterocycles. The van der Waals surface area contributed by atoms with Gasteiger partial charge in [-0.3, -0.25) is 9.11 Å². The molecule has 0 aromatic carbocycles. The Bertz CT molecular complexity index is 574. The first-order chi connectivity index (χ1) is 9.48. The van der Waals surface area contributed by atoms with E-state index in [-0.39, 0.29) is 11.3 Å². The van der Waals surface area contributed by atoms with Crippen LogP contribution in [0.4, 0.5) is 0 Å². The topological polar surface area (TPSA) is 135 Å². The zero-order valence-corrected chi connectivity index (χ0v) is 14.5. The van der Waals surface area contributed by atoms with E-state index in [1.165, 1.54) is 25.7 Å². The van der Waals surface area contributed by atoms with Crippen LogP contribution in [0, 0.1) is 5.92 Å². The molecule has 0 fully saturated rings. The lowest BCUT2D eigenvalue weighted by atomic mass is 10.1. The van der Waals surface area contributed by atoms with Crippen molar-refractivity contribution in [2.75, 3.05) is 0 Å². The first kappa shape index (κ1) is 20.4. The molecule has 0 aliphatic carbocycles. The summed E-state index contributed by atoms with van der Waals surface area (Å²) in [7, 11) is -9.15. The van der Waals surface area contributed by atoms with E-state index in [9.17, 15) is 16.8 Å². The molecule has 0 bridgehead atoms. The highest BCUT2D eigenvalue weighted by molar-refractivity contribution is 7.90. The van der Waals surface area contributed by atoms with Crippen molar-refractivity contribution in [1.82, 2.24) is 10.2 Å². The van der Waals surface area contributed by atoms with Crippen LogP contribution in [-0.4, -0.2) is 36.1 Å². The van der Waals surface area contributed by atoms with E-state index in [0.717, 1.165) is 5.92 Å². The first-order valence-electron chi connectivity index (χ1n) is 6.27. The van der Waals surface area contributed by atoms with Crippen LogP contribution >= 0.6 is 11.3 Å². The number of unbranched alkanes of at least 4 members (excludes halogenated alkanes) is 2. The predicted octanol–water partition coefficient (Wildman–Crippen LogP) is 2.25. The van der Waals surface area contributed by atoms with Gasteiger partial charge in [-0.1, -0.05) is 57.8 Å². The lowest BCUT2D eigenvalue weighted by Gasteiger charge is -2.00. The lowest BCUT2D eigenvalue weighted by molar-refractivity contribution is 0.476. The normalized spacial score (nSPS) is 12.1. The lowest BCUT2D eigenvalue weighted by Crippen LogP contribution is -1.96. The van der Waals surface area contributed by atoms with Crippen molar-refractivity contribution in [3.63, 3.8) is 0 Å². The van der Waals surface area contributed by atoms with Crippen molar-refractivity contribution in [2.45, 2.75) is 55.1 Å². The van der Waals surface area contributed by atoms with Gasteiger partial charge in [0, 0.05) is 0 Å². The van der Waals surface area contributed by atoms with Crippen LogP contribution in [0.2, 0.25) is 0 Å². The molecule has 0 spiro atoms. The molecule has 2 N–H and O–H groups in total. The Morgan fingerprint density at radius 1 is 1.00 bits per heavy atom. The Kier molecular flexibility index (Phi) is 8.48. The van der Waals surface area contributed by atoms with Crippen molar-refractivity contribution in [3.05, 3.63) is 0 Å². The maximum absolute atomic E-state index is 10.4. The Morgan fingerprint density at radius 3 is 1.67 bits per heavy atom. The van der Waals surface area contributed by atoms with E-state index >= 15 is 0 Å². The summed E-state index contributed by atoms with van der Waals surface area (Å²) in [5.74, 6) is 0.904. The van der Waals surface area contributed by atoms with Crippen molar-refractivity contribution in [2.24, 2.45) is 5.92 Å². The summed E-state index contributed by atoms with van der Waals surface area (Å²) in [6.07, 6.45) is 5.60. The van der Waals surface area contributed by atoms with E-state index in [1.807, 2.05) is 0 Å². The van der Waals surface area contributed by atoms with Gasteiger partial charge in [0.15, 0.2) is 0 Å². The first-order valence-corrected chi connectivity index (χ1v) is 9.96. The summed E-state index contributed by atoms with van der Waals surface area (Å²) in [5.41, 5.74) is 0. The summed E-state index contributed by atoms with van der Waals surface area (Å²) in [6, 6.07) is 0. The summed E-state index contributed by atoms with van der Waals surface area (Å²) in [6.45, 7) is 6.83. The maximum atomic E-state index is 10.4. The van der Waals surface area contributed by atoms with Gasteiger partial charge < -0.3 is 0 Å². The second kappa shape index (κ2) is 8.73. The highest BCUT2D eigenvalue weighted by atomic mass is 32.3. The van der Waals surface area contributed by atoms with Crippen LogP contribution in [0.5, 0.6) is 0 Å². The van der Waals surface area contributed by atoms with Gasteiger partial charge in [-0.2, -0.15) is 16.8 Å². The van der Waals surface area contributed by atoms with Gasteiger partial charge in [0.25, 0.3) is 8.68 Å². The molecular weight excluding hydrogens is 340 g/mol. The van der Waals surface area contributed by atoms with Crippen molar-refractivity contribution in [3.8, 4) is 0 Å². The van der Waals surface area contributed by atoms with Crippen LogP contribution in [-0.2, 0) is 20.2 Å². The second-order valence-electron chi connectivity index (χ2n) is 4.67. The molecule has 0 saturated carbocycles. The summed E-state index contributed by atoms with van der Waals surface area (Å²) < 4.78 is 56.4. The summed E-state index contributed by atoms with van der Waals surface area (Å²) >= 11 is 0.0486. The van der Waals surface area contributed by atoms with Gasteiger partial charge in [0.1, 0.15) is 0 Å². The molecule has 8 nitrogen and oxygen atoms in total. The van der Waals surface area contributed by atoms with Gasteiger partial charge in [-0.15, -0.1) is 10.2 Å². The number of nitrogens with zero attached hydrogens (tertiary/aromatic N) is 2. The molecule has 1 rings (SSSR count). The van der Waals surface area contributed by atoms with Crippen molar-refractivity contribution >= 4 is 31.6 Å². The van der Waals surface area contributed by atoms with Crippen LogP contribution in [0.25, 0.3) is 0 Å². The Balaban J connectivity index is 0.000000433. The SMILES string of the molecule is CCCCCC(C)C.O=S(=O)(O)c1nnc(S(=O)(=O)O)s1. The van der Waals surface area contributed by atoms with E-state index < -0.39 is 28.9 Å². The summed E-state index contributed by atoms with van der Waals surface area (Å²) in [5, 5.41) is 5.69. The quantitative estimate of drug-likeness (QED) is 0.582. The predicted molar refractivity (Wildman–Crippen MR) is 78.5 cm³/mol. The van der Waals surface area contributed by atoms with Gasteiger partial charge in [-0.25, -0.2) is 0 Å². The molecule has 1 aromatic heterocycles. The van der Waals surface area contributed by atoms with Gasteiger partial charge in [-0.05, 0) is 5.92 Å². The monoisotopic (exact) mass is 360 g/mol. The molecule has 11 heteroatoms. The van der Waals surface area contributed by atoms with E-state index in [4.69, 9.17) is 9.11 Å². The minimum Gasteiger partial charge on any atom is -0.280 e. The molecule has 1 heterocycles. The molecule has 0 unspecified atom stereocenters. The van der Waals surface area contributed by atoms with Gasteiger partial charge in [0.2, 0.25) is 0 Å². The number of hydrogen-bond donors (Lipinski definition) is 2. The van der Waals surface area contributed by atoms with E-state index in [1.54, 1.807) is 0 Å². The molecule has 0 radical (unpaired) electrons. The fourth-order valence-corrected chi connectivity index (χ4v) is 3.28. The fraction of sp³-hybridized carbons (Fsp3) is 0.800. The van der Waals surface area contributed by atoms with Crippen LogP contribution in [0.15, 0.2) is 8.68 Å². The number of hydrogen-bond acceptors (Lipinski definition) is 7. The van der Waals surface area contributed by atoms with Crippen molar-refractivity contribution < 1.29 is 25.9 Å². The molecule has 0 aliphatic rings. The zero-order valence-electron chi connectivity index (χ0n) is 12.1. The minimum atomic E-state index is -4.57. The fourth-order valence-electron chi connectivity index (χ4n) is 1.21. The number of rotatable bonds is 6. The maximum Gasteiger partial charge on any atom is 0.324 e. The third kappa shape index (κ3) is 9.09. The Morgan fingerprint density at radius 2 is 1.43 bits per heavy atom. The summed E-state index contributed by atoms with van der Waals surface area (Å²) in [4.78, 5) is 0. The van der Waals surface area contributed by atoms with Crippen LogP contribution < -0.4 is 0 Å². The van der Waals surface area contributed by atoms with Crippen LogP contribution in [0.3, 0.4) is 0 Å². The van der Waals surface area contributed by atoms with Crippen molar-refractivity contribution in [1.29, 1.82) is 0 Å². The molecule has 124 valence electrons. The zero-order chi connectivity index (χ0) is 16.7. The highest BCUT2D eigenvalue weighted by Gasteiger charge is 2.22.